The molecular formula is C12H13BrN4O2. The first kappa shape index (κ1) is 13.7. The summed E-state index contributed by atoms with van der Waals surface area (Å²) < 4.78 is 2.57. The number of nitrogens with zero attached hydrogens (tertiary/aromatic N) is 4. The lowest BCUT2D eigenvalue weighted by molar-refractivity contribution is -0.137. The molecular weight excluding hydrogens is 312 g/mol. The van der Waals surface area contributed by atoms with Gasteiger partial charge in [-0.1, -0.05) is 28.1 Å². The van der Waals surface area contributed by atoms with Gasteiger partial charge in [-0.2, -0.15) is 0 Å². The standard InChI is InChI=1S/C12H13BrN4O2/c1-8(6-12(18)19)17-11(14-15-16-17)7-9-2-4-10(13)5-3-9/h2-5,8H,6-7H2,1H3,(H,18,19). The van der Waals surface area contributed by atoms with Crippen LogP contribution in [0.15, 0.2) is 28.7 Å². The lowest BCUT2D eigenvalue weighted by atomic mass is 10.1. The molecule has 7 heteroatoms. The minimum atomic E-state index is -0.863. The topological polar surface area (TPSA) is 80.9 Å². The fraction of sp³-hybridized carbons (Fsp3) is 0.333. The van der Waals surface area contributed by atoms with Crippen LogP contribution in [0.4, 0.5) is 0 Å². The van der Waals surface area contributed by atoms with Gasteiger partial charge in [0.1, 0.15) is 0 Å². The van der Waals surface area contributed by atoms with Gasteiger partial charge in [0.2, 0.25) is 0 Å². The molecule has 0 amide bonds. The van der Waals surface area contributed by atoms with Crippen molar-refractivity contribution in [3.05, 3.63) is 40.1 Å². The third-order valence-electron chi connectivity index (χ3n) is 2.72. The Labute approximate surface area is 118 Å². The van der Waals surface area contributed by atoms with Crippen molar-refractivity contribution in [3.63, 3.8) is 0 Å². The number of aliphatic carboxylic acids is 1. The maximum Gasteiger partial charge on any atom is 0.305 e. The molecule has 1 heterocycles. The first-order chi connectivity index (χ1) is 9.06. The van der Waals surface area contributed by atoms with Crippen LogP contribution in [0.5, 0.6) is 0 Å². The van der Waals surface area contributed by atoms with E-state index in [0.29, 0.717) is 12.2 Å². The highest BCUT2D eigenvalue weighted by atomic mass is 79.9. The van der Waals surface area contributed by atoms with Crippen LogP contribution in [0.3, 0.4) is 0 Å². The summed E-state index contributed by atoms with van der Waals surface area (Å²) in [5.41, 5.74) is 1.07. The highest BCUT2D eigenvalue weighted by Crippen LogP contribution is 2.16. The number of aromatic nitrogens is 4. The van der Waals surface area contributed by atoms with Crippen molar-refractivity contribution >= 4 is 21.9 Å². The Morgan fingerprint density at radius 3 is 2.74 bits per heavy atom. The maximum atomic E-state index is 10.7. The summed E-state index contributed by atoms with van der Waals surface area (Å²) in [5.74, 6) is -0.200. The van der Waals surface area contributed by atoms with Crippen LogP contribution in [0.25, 0.3) is 0 Å². The molecule has 1 atom stereocenters. The van der Waals surface area contributed by atoms with Crippen molar-refractivity contribution in [3.8, 4) is 0 Å². The second kappa shape index (κ2) is 5.92. The average Bonchev–Trinajstić information content (AvgIpc) is 2.79. The van der Waals surface area contributed by atoms with Gasteiger partial charge in [0.25, 0.3) is 0 Å². The fourth-order valence-electron chi connectivity index (χ4n) is 1.80. The Kier molecular flexibility index (Phi) is 4.26. The monoisotopic (exact) mass is 324 g/mol. The largest absolute Gasteiger partial charge is 0.481 e. The molecule has 6 nitrogen and oxygen atoms in total. The molecule has 19 heavy (non-hydrogen) atoms. The number of halogens is 1. The fourth-order valence-corrected chi connectivity index (χ4v) is 2.06. The molecule has 0 aliphatic heterocycles. The van der Waals surface area contributed by atoms with E-state index in [1.54, 1.807) is 11.6 Å². The van der Waals surface area contributed by atoms with Gasteiger partial charge < -0.3 is 5.11 Å². The third kappa shape index (κ3) is 3.60. The van der Waals surface area contributed by atoms with E-state index in [1.165, 1.54) is 0 Å². The van der Waals surface area contributed by atoms with E-state index in [0.717, 1.165) is 10.0 Å². The molecule has 2 aromatic rings. The van der Waals surface area contributed by atoms with Gasteiger partial charge in [0, 0.05) is 10.9 Å². The molecule has 0 radical (unpaired) electrons. The minimum Gasteiger partial charge on any atom is -0.481 e. The molecule has 0 saturated heterocycles. The number of benzene rings is 1. The first-order valence-electron chi connectivity index (χ1n) is 5.79. The Morgan fingerprint density at radius 1 is 1.42 bits per heavy atom. The zero-order valence-electron chi connectivity index (χ0n) is 10.3. The van der Waals surface area contributed by atoms with E-state index in [-0.39, 0.29) is 12.5 Å². The molecule has 0 fully saturated rings. The van der Waals surface area contributed by atoms with Crippen molar-refractivity contribution in [2.75, 3.05) is 0 Å². The molecule has 0 aliphatic carbocycles. The number of carboxylic acid groups (broad SMARTS) is 1. The Hall–Kier alpha value is -1.76. The van der Waals surface area contributed by atoms with Crippen molar-refractivity contribution in [1.29, 1.82) is 0 Å². The van der Waals surface area contributed by atoms with Gasteiger partial charge >= 0.3 is 5.97 Å². The van der Waals surface area contributed by atoms with Crippen LogP contribution < -0.4 is 0 Å². The van der Waals surface area contributed by atoms with Crippen LogP contribution >= 0.6 is 15.9 Å². The summed E-state index contributed by atoms with van der Waals surface area (Å²) in [7, 11) is 0. The number of carboxylic acids is 1. The summed E-state index contributed by atoms with van der Waals surface area (Å²) in [6.07, 6.45) is 0.572. The van der Waals surface area contributed by atoms with E-state index in [9.17, 15) is 4.79 Å². The van der Waals surface area contributed by atoms with Crippen molar-refractivity contribution in [2.45, 2.75) is 25.8 Å². The highest BCUT2D eigenvalue weighted by molar-refractivity contribution is 9.10. The zero-order valence-corrected chi connectivity index (χ0v) is 11.9. The summed E-state index contributed by atoms with van der Waals surface area (Å²) in [4.78, 5) is 10.7. The average molecular weight is 325 g/mol. The van der Waals surface area contributed by atoms with E-state index < -0.39 is 5.97 Å². The predicted molar refractivity (Wildman–Crippen MR) is 71.7 cm³/mol. The van der Waals surface area contributed by atoms with Gasteiger partial charge in [-0.25, -0.2) is 4.68 Å². The Bertz CT molecular complexity index is 567. The van der Waals surface area contributed by atoms with Crippen LogP contribution in [-0.2, 0) is 11.2 Å². The smallest absolute Gasteiger partial charge is 0.305 e. The summed E-state index contributed by atoms with van der Waals surface area (Å²) in [5, 5.41) is 20.3. The number of rotatable bonds is 5. The predicted octanol–water partition coefficient (Wildman–Crippen LogP) is 2.06. The molecule has 2 rings (SSSR count). The number of tetrazole rings is 1. The molecule has 100 valence electrons. The zero-order chi connectivity index (χ0) is 13.8. The molecule has 1 N–H and O–H groups in total. The van der Waals surface area contributed by atoms with Gasteiger partial charge in [-0.15, -0.1) is 5.10 Å². The summed E-state index contributed by atoms with van der Waals surface area (Å²) in [6, 6.07) is 7.59. The van der Waals surface area contributed by atoms with Gasteiger partial charge in [0.05, 0.1) is 12.5 Å². The molecule has 0 spiro atoms. The maximum absolute atomic E-state index is 10.7. The van der Waals surface area contributed by atoms with Gasteiger partial charge in [-0.3, -0.25) is 4.79 Å². The van der Waals surface area contributed by atoms with E-state index >= 15 is 0 Å². The molecule has 0 saturated carbocycles. The number of hydrogen-bond donors (Lipinski definition) is 1. The van der Waals surface area contributed by atoms with Crippen LogP contribution in [0.1, 0.15) is 30.8 Å². The van der Waals surface area contributed by atoms with Crippen LogP contribution in [0.2, 0.25) is 0 Å². The second-order valence-electron chi connectivity index (χ2n) is 4.29. The summed E-state index contributed by atoms with van der Waals surface area (Å²) in [6.45, 7) is 1.79. The molecule has 1 aromatic heterocycles. The van der Waals surface area contributed by atoms with Crippen molar-refractivity contribution < 1.29 is 9.90 Å². The lowest BCUT2D eigenvalue weighted by Crippen LogP contribution is -2.15. The van der Waals surface area contributed by atoms with E-state index in [2.05, 4.69) is 31.5 Å². The Morgan fingerprint density at radius 2 is 2.11 bits per heavy atom. The van der Waals surface area contributed by atoms with E-state index in [1.807, 2.05) is 24.3 Å². The van der Waals surface area contributed by atoms with Gasteiger partial charge in [0.15, 0.2) is 5.82 Å². The normalized spacial score (nSPS) is 12.3. The van der Waals surface area contributed by atoms with Gasteiger partial charge in [-0.05, 0) is 35.0 Å². The SMILES string of the molecule is CC(CC(=O)O)n1nnnc1Cc1ccc(Br)cc1. The quantitative estimate of drug-likeness (QED) is 0.910. The molecule has 0 bridgehead atoms. The van der Waals surface area contributed by atoms with E-state index in [4.69, 9.17) is 5.11 Å². The minimum absolute atomic E-state index is 0.00161. The van der Waals surface area contributed by atoms with Crippen LogP contribution in [-0.4, -0.2) is 31.3 Å². The number of carbonyl (C=O) groups is 1. The van der Waals surface area contributed by atoms with Crippen molar-refractivity contribution in [2.24, 2.45) is 0 Å². The third-order valence-corrected chi connectivity index (χ3v) is 3.25. The summed E-state index contributed by atoms with van der Waals surface area (Å²) >= 11 is 3.38. The van der Waals surface area contributed by atoms with Crippen LogP contribution in [0, 0.1) is 0 Å². The first-order valence-corrected chi connectivity index (χ1v) is 6.58. The molecule has 1 unspecified atom stereocenters. The molecule has 1 aromatic carbocycles. The second-order valence-corrected chi connectivity index (χ2v) is 5.21. The number of hydrogen-bond acceptors (Lipinski definition) is 4. The molecule has 0 aliphatic rings. The highest BCUT2D eigenvalue weighted by Gasteiger charge is 2.16. The Balaban J connectivity index is 2.15. The van der Waals surface area contributed by atoms with Crippen molar-refractivity contribution in [1.82, 2.24) is 20.2 Å². The lowest BCUT2D eigenvalue weighted by Gasteiger charge is -2.10.